The van der Waals surface area contributed by atoms with Gasteiger partial charge in [0.15, 0.2) is 11.6 Å². The number of benzene rings is 1. The minimum absolute atomic E-state index is 0.226. The first-order chi connectivity index (χ1) is 8.27. The molecule has 1 unspecified atom stereocenters. The quantitative estimate of drug-likeness (QED) is 0.867. The number of phenolic OH excluding ortho intramolecular Hbond substituents is 1. The van der Waals surface area contributed by atoms with Crippen LogP contribution >= 0.6 is 11.8 Å². The van der Waals surface area contributed by atoms with E-state index in [1.165, 1.54) is 31.1 Å². The number of rotatable bonds is 4. The van der Waals surface area contributed by atoms with Crippen molar-refractivity contribution in [3.8, 4) is 5.75 Å². The smallest absolute Gasteiger partial charge is 0.165 e. The van der Waals surface area contributed by atoms with E-state index in [0.29, 0.717) is 17.4 Å². The van der Waals surface area contributed by atoms with Gasteiger partial charge >= 0.3 is 0 Å². The summed E-state index contributed by atoms with van der Waals surface area (Å²) in [6, 6.07) is 4.65. The molecule has 1 atom stereocenters. The molecule has 0 bridgehead atoms. The van der Waals surface area contributed by atoms with Gasteiger partial charge in [0.05, 0.1) is 0 Å². The van der Waals surface area contributed by atoms with Gasteiger partial charge in [0.25, 0.3) is 0 Å². The third kappa shape index (κ3) is 3.61. The maximum Gasteiger partial charge on any atom is 0.165 e. The summed E-state index contributed by atoms with van der Waals surface area (Å²) in [7, 11) is 0. The number of nitrogens with one attached hydrogen (secondary N) is 1. The Morgan fingerprint density at radius 2 is 2.29 bits per heavy atom. The predicted octanol–water partition coefficient (Wildman–Crippen LogP) is 2.91. The van der Waals surface area contributed by atoms with E-state index in [0.717, 1.165) is 6.54 Å². The average Bonchev–Trinajstić information content (AvgIpc) is 2.36. The summed E-state index contributed by atoms with van der Waals surface area (Å²) in [5.74, 6) is 0.477. The monoisotopic (exact) mass is 255 g/mol. The highest BCUT2D eigenvalue weighted by atomic mass is 32.2. The molecule has 1 aromatic rings. The first-order valence-electron chi connectivity index (χ1n) is 6.06. The van der Waals surface area contributed by atoms with Crippen molar-refractivity contribution in [2.75, 3.05) is 12.3 Å². The number of aromatic hydroxyl groups is 1. The summed E-state index contributed by atoms with van der Waals surface area (Å²) in [5, 5.41) is 13.5. The van der Waals surface area contributed by atoms with Crippen LogP contribution in [-0.2, 0) is 6.54 Å². The molecule has 2 N–H and O–H groups in total. The highest BCUT2D eigenvalue weighted by molar-refractivity contribution is 7.99. The van der Waals surface area contributed by atoms with E-state index in [-0.39, 0.29) is 5.75 Å². The fourth-order valence-electron chi connectivity index (χ4n) is 2.04. The van der Waals surface area contributed by atoms with Gasteiger partial charge < -0.3 is 10.4 Å². The van der Waals surface area contributed by atoms with Crippen molar-refractivity contribution in [3.63, 3.8) is 0 Å². The maximum atomic E-state index is 13.1. The standard InChI is InChI=1S/C13H18FNOS/c14-12-6-3-4-10(13(12)16)8-15-9-11-5-1-2-7-17-11/h3-4,6,11,15-16H,1-2,5,7-9H2. The first kappa shape index (κ1) is 12.7. The van der Waals surface area contributed by atoms with Crippen LogP contribution in [0.5, 0.6) is 5.75 Å². The molecule has 0 saturated carbocycles. The van der Waals surface area contributed by atoms with Crippen LogP contribution in [-0.4, -0.2) is 22.7 Å². The Morgan fingerprint density at radius 1 is 1.41 bits per heavy atom. The Hall–Kier alpha value is -0.740. The topological polar surface area (TPSA) is 32.3 Å². The Kier molecular flexibility index (Phi) is 4.68. The van der Waals surface area contributed by atoms with Gasteiger partial charge in [-0.15, -0.1) is 0 Å². The molecule has 0 amide bonds. The first-order valence-corrected chi connectivity index (χ1v) is 7.11. The summed E-state index contributed by atoms with van der Waals surface area (Å²) in [6.07, 6.45) is 3.89. The van der Waals surface area contributed by atoms with E-state index < -0.39 is 5.82 Å². The van der Waals surface area contributed by atoms with E-state index in [2.05, 4.69) is 5.32 Å². The molecule has 0 radical (unpaired) electrons. The Morgan fingerprint density at radius 3 is 3.06 bits per heavy atom. The van der Waals surface area contributed by atoms with Gasteiger partial charge in [-0.2, -0.15) is 11.8 Å². The number of phenols is 1. The van der Waals surface area contributed by atoms with Crippen LogP contribution in [0.1, 0.15) is 24.8 Å². The van der Waals surface area contributed by atoms with Gasteiger partial charge in [0.2, 0.25) is 0 Å². The van der Waals surface area contributed by atoms with E-state index in [1.807, 2.05) is 11.8 Å². The van der Waals surface area contributed by atoms with Crippen LogP contribution in [0.25, 0.3) is 0 Å². The molecule has 2 nitrogen and oxygen atoms in total. The van der Waals surface area contributed by atoms with Crippen LogP contribution in [0.15, 0.2) is 18.2 Å². The SMILES string of the molecule is Oc1c(F)cccc1CNCC1CCCCS1. The van der Waals surface area contributed by atoms with Crippen molar-refractivity contribution in [3.05, 3.63) is 29.6 Å². The highest BCUT2D eigenvalue weighted by Crippen LogP contribution is 2.25. The number of para-hydroxylation sites is 1. The van der Waals surface area contributed by atoms with Gasteiger partial charge in [-0.1, -0.05) is 18.6 Å². The molecular formula is C13H18FNOS. The zero-order valence-electron chi connectivity index (χ0n) is 9.79. The lowest BCUT2D eigenvalue weighted by molar-refractivity contribution is 0.423. The summed E-state index contributed by atoms with van der Waals surface area (Å²) in [6.45, 7) is 1.46. The van der Waals surface area contributed by atoms with Crippen LogP contribution < -0.4 is 5.32 Å². The number of thioether (sulfide) groups is 1. The number of hydrogen-bond acceptors (Lipinski definition) is 3. The average molecular weight is 255 g/mol. The maximum absolute atomic E-state index is 13.1. The molecular weight excluding hydrogens is 237 g/mol. The van der Waals surface area contributed by atoms with Gasteiger partial charge in [-0.25, -0.2) is 4.39 Å². The normalized spacial score (nSPS) is 20.4. The van der Waals surface area contributed by atoms with Gasteiger partial charge in [0.1, 0.15) is 0 Å². The molecule has 0 aliphatic carbocycles. The molecule has 1 fully saturated rings. The molecule has 17 heavy (non-hydrogen) atoms. The van der Waals surface area contributed by atoms with Crippen molar-refractivity contribution >= 4 is 11.8 Å². The van der Waals surface area contributed by atoms with Crippen molar-refractivity contribution in [1.82, 2.24) is 5.32 Å². The van der Waals surface area contributed by atoms with E-state index >= 15 is 0 Å². The molecule has 1 heterocycles. The fraction of sp³-hybridized carbons (Fsp3) is 0.538. The predicted molar refractivity (Wildman–Crippen MR) is 69.9 cm³/mol. The Labute approximate surface area is 106 Å². The van der Waals surface area contributed by atoms with Gasteiger partial charge in [0, 0.05) is 23.9 Å². The van der Waals surface area contributed by atoms with Crippen molar-refractivity contribution in [1.29, 1.82) is 0 Å². The highest BCUT2D eigenvalue weighted by Gasteiger charge is 2.13. The zero-order valence-corrected chi connectivity index (χ0v) is 10.6. The second-order valence-corrected chi connectivity index (χ2v) is 5.78. The second kappa shape index (κ2) is 6.26. The van der Waals surface area contributed by atoms with Crippen LogP contribution in [0, 0.1) is 5.82 Å². The van der Waals surface area contributed by atoms with E-state index in [1.54, 1.807) is 12.1 Å². The summed E-state index contributed by atoms with van der Waals surface area (Å²) >= 11 is 2.01. The molecule has 1 saturated heterocycles. The molecule has 1 aliphatic heterocycles. The number of hydrogen-bond donors (Lipinski definition) is 2. The minimum Gasteiger partial charge on any atom is -0.505 e. The third-order valence-corrected chi connectivity index (χ3v) is 4.43. The lowest BCUT2D eigenvalue weighted by atomic mass is 10.1. The van der Waals surface area contributed by atoms with Gasteiger partial charge in [-0.05, 0) is 24.7 Å². The molecule has 1 aromatic carbocycles. The lowest BCUT2D eigenvalue weighted by Crippen LogP contribution is -2.26. The minimum atomic E-state index is -0.545. The van der Waals surface area contributed by atoms with Crippen molar-refractivity contribution in [2.45, 2.75) is 31.1 Å². The summed E-state index contributed by atoms with van der Waals surface area (Å²) in [5.41, 5.74) is 0.630. The van der Waals surface area contributed by atoms with Crippen molar-refractivity contribution < 1.29 is 9.50 Å². The third-order valence-electron chi connectivity index (χ3n) is 3.03. The molecule has 2 rings (SSSR count). The molecule has 0 spiro atoms. The van der Waals surface area contributed by atoms with Crippen molar-refractivity contribution in [2.24, 2.45) is 0 Å². The Bertz CT molecular complexity index is 366. The molecule has 4 heteroatoms. The van der Waals surface area contributed by atoms with Crippen LogP contribution in [0.2, 0.25) is 0 Å². The van der Waals surface area contributed by atoms with Crippen LogP contribution in [0.4, 0.5) is 4.39 Å². The second-order valence-electron chi connectivity index (χ2n) is 4.37. The molecule has 94 valence electrons. The van der Waals surface area contributed by atoms with Crippen LogP contribution in [0.3, 0.4) is 0 Å². The van der Waals surface area contributed by atoms with Gasteiger partial charge in [-0.3, -0.25) is 0 Å². The summed E-state index contributed by atoms with van der Waals surface area (Å²) in [4.78, 5) is 0. The molecule has 0 aromatic heterocycles. The van der Waals surface area contributed by atoms with E-state index in [9.17, 15) is 9.50 Å². The lowest BCUT2D eigenvalue weighted by Gasteiger charge is -2.21. The summed E-state index contributed by atoms with van der Waals surface area (Å²) < 4.78 is 13.1. The Balaban J connectivity index is 1.79. The van der Waals surface area contributed by atoms with E-state index in [4.69, 9.17) is 0 Å². The zero-order chi connectivity index (χ0) is 12.1. The molecule has 1 aliphatic rings. The number of halogens is 1. The fourth-order valence-corrected chi connectivity index (χ4v) is 3.31. The largest absolute Gasteiger partial charge is 0.505 e.